The van der Waals surface area contributed by atoms with Crippen LogP contribution in [0.3, 0.4) is 0 Å². The molecule has 0 saturated carbocycles. The summed E-state index contributed by atoms with van der Waals surface area (Å²) in [6, 6.07) is 10.3. The highest BCUT2D eigenvalue weighted by molar-refractivity contribution is 7.86. The van der Waals surface area contributed by atoms with E-state index in [0.717, 1.165) is 23.5 Å². The highest BCUT2D eigenvalue weighted by atomic mass is 35.5. The van der Waals surface area contributed by atoms with E-state index in [9.17, 15) is 30.7 Å². The summed E-state index contributed by atoms with van der Waals surface area (Å²) in [4.78, 5) is 11.7. The zero-order chi connectivity index (χ0) is 21.6. The van der Waals surface area contributed by atoms with Crippen molar-refractivity contribution in [2.75, 3.05) is 0 Å². The third kappa shape index (κ3) is 4.53. The molecule has 0 spiro atoms. The van der Waals surface area contributed by atoms with Crippen molar-refractivity contribution in [2.45, 2.75) is 9.79 Å². The van der Waals surface area contributed by atoms with Crippen molar-refractivity contribution in [2.24, 2.45) is 0 Å². The van der Waals surface area contributed by atoms with Gasteiger partial charge in [-0.2, -0.15) is 16.8 Å². The second-order valence-corrected chi connectivity index (χ2v) is 10.3. The van der Waals surface area contributed by atoms with E-state index in [2.05, 4.69) is 0 Å². The van der Waals surface area contributed by atoms with Crippen LogP contribution in [0, 0.1) is 0 Å². The molecule has 7 nitrogen and oxygen atoms in total. The van der Waals surface area contributed by atoms with Crippen LogP contribution >= 0.6 is 34.5 Å². The average molecular weight is 493 g/mol. The minimum absolute atomic E-state index is 0.174. The maximum absolute atomic E-state index is 12.2. The van der Waals surface area contributed by atoms with Crippen molar-refractivity contribution in [3.8, 4) is 20.9 Å². The molecule has 0 aliphatic carbocycles. The molecule has 0 aliphatic rings. The number of hydrogen-bond donors (Lipinski definition) is 2. The Balaban J connectivity index is 2.27. The molecule has 0 aliphatic heterocycles. The molecule has 0 atom stereocenters. The first kappa shape index (κ1) is 21.9. The lowest BCUT2D eigenvalue weighted by Crippen LogP contribution is -2.02. The topological polar surface area (TPSA) is 126 Å². The minimum atomic E-state index is -4.59. The highest BCUT2D eigenvalue weighted by Gasteiger charge is 2.21. The van der Waals surface area contributed by atoms with Crippen LogP contribution in [0.15, 0.2) is 63.1 Å². The molecule has 1 heterocycles. The van der Waals surface area contributed by atoms with E-state index < -0.39 is 35.5 Å². The van der Waals surface area contributed by atoms with Gasteiger partial charge in [-0.25, -0.2) is 0 Å². The Bertz CT molecular complexity index is 1290. The molecule has 1 aromatic heterocycles. The summed E-state index contributed by atoms with van der Waals surface area (Å²) in [5, 5.41) is -0.554. The van der Waals surface area contributed by atoms with Crippen LogP contribution in [0.25, 0.3) is 20.9 Å². The van der Waals surface area contributed by atoms with Gasteiger partial charge in [0.1, 0.15) is 9.79 Å². The molecule has 0 amide bonds. The Kier molecular flexibility index (Phi) is 5.89. The van der Waals surface area contributed by atoms with Gasteiger partial charge in [-0.3, -0.25) is 13.9 Å². The molecule has 3 aromatic rings. The second kappa shape index (κ2) is 7.80. The van der Waals surface area contributed by atoms with Gasteiger partial charge in [-0.1, -0.05) is 47.5 Å². The van der Waals surface area contributed by atoms with Crippen LogP contribution in [-0.2, 0) is 20.2 Å². The van der Waals surface area contributed by atoms with Gasteiger partial charge in [0, 0.05) is 33.0 Å². The van der Waals surface area contributed by atoms with Crippen LogP contribution < -0.4 is 5.43 Å². The zero-order valence-corrected chi connectivity index (χ0v) is 18.0. The van der Waals surface area contributed by atoms with Gasteiger partial charge < -0.3 is 0 Å². The lowest BCUT2D eigenvalue weighted by Gasteiger charge is -2.10. The maximum atomic E-state index is 12.2. The molecule has 0 unspecified atom stereocenters. The van der Waals surface area contributed by atoms with Crippen molar-refractivity contribution in [1.29, 1.82) is 0 Å². The Hall–Kier alpha value is -1.79. The average Bonchev–Trinajstić information content (AvgIpc) is 2.59. The Labute approximate surface area is 179 Å². The smallest absolute Gasteiger partial charge is 0.290 e. The lowest BCUT2D eigenvalue weighted by molar-refractivity contribution is 0.481. The predicted molar refractivity (Wildman–Crippen MR) is 111 cm³/mol. The summed E-state index contributed by atoms with van der Waals surface area (Å²) in [7, 11) is -9.17. The van der Waals surface area contributed by atoms with Gasteiger partial charge >= 0.3 is 0 Å². The largest absolute Gasteiger partial charge is 0.296 e. The molecule has 2 aromatic carbocycles. The van der Waals surface area contributed by atoms with Crippen LogP contribution in [0.5, 0.6) is 0 Å². The standard InChI is InChI=1S/C17H10Cl2O7S3/c18-16-10(3-1-5-14(16)28(21,22)23)12-7-9(20)8-13(27-12)11-4-2-6-15(17(11)19)29(24,25)26/h1-8H,(H,21,22,23)(H,24,25,26). The fraction of sp³-hybridized carbons (Fsp3) is 0. The molecule has 152 valence electrons. The quantitative estimate of drug-likeness (QED) is 0.521. The molecule has 0 saturated heterocycles. The molecule has 0 fully saturated rings. The molecule has 3 rings (SSSR count). The van der Waals surface area contributed by atoms with E-state index in [4.69, 9.17) is 23.2 Å². The summed E-state index contributed by atoms with van der Waals surface area (Å²) in [5.74, 6) is 0. The second-order valence-electron chi connectivity index (χ2n) is 5.71. The highest BCUT2D eigenvalue weighted by Crippen LogP contribution is 2.40. The molecule has 2 N–H and O–H groups in total. The van der Waals surface area contributed by atoms with E-state index in [0.29, 0.717) is 0 Å². The number of rotatable bonds is 4. The van der Waals surface area contributed by atoms with E-state index in [1.165, 1.54) is 36.4 Å². The van der Waals surface area contributed by atoms with Gasteiger partial charge in [0.05, 0.1) is 10.0 Å². The van der Waals surface area contributed by atoms with Crippen molar-refractivity contribution in [3.63, 3.8) is 0 Å². The summed E-state index contributed by atoms with van der Waals surface area (Å²) >= 11 is 13.2. The van der Waals surface area contributed by atoms with Gasteiger partial charge in [-0.05, 0) is 12.1 Å². The lowest BCUT2D eigenvalue weighted by atomic mass is 10.1. The molecular formula is C17H10Cl2O7S3. The molecule has 0 bridgehead atoms. The molecule has 0 radical (unpaired) electrons. The van der Waals surface area contributed by atoms with Crippen molar-refractivity contribution < 1.29 is 25.9 Å². The van der Waals surface area contributed by atoms with Gasteiger partial charge in [0.25, 0.3) is 20.2 Å². The summed E-state index contributed by atoms with van der Waals surface area (Å²) in [6.45, 7) is 0. The van der Waals surface area contributed by atoms with Crippen LogP contribution in [0.2, 0.25) is 10.0 Å². The van der Waals surface area contributed by atoms with Crippen molar-refractivity contribution in [1.82, 2.24) is 0 Å². The summed E-state index contributed by atoms with van der Waals surface area (Å²) in [5.41, 5.74) is -0.129. The summed E-state index contributed by atoms with van der Waals surface area (Å²) < 4.78 is 64.5. The first-order valence-corrected chi connectivity index (χ1v) is 12.0. The SMILES string of the molecule is O=c1cc(-c2cccc(S(=O)(=O)O)c2Cl)sc(-c2cccc(S(=O)(=O)O)c2Cl)c1. The first-order chi connectivity index (χ1) is 13.4. The van der Waals surface area contributed by atoms with Crippen LogP contribution in [-0.4, -0.2) is 25.9 Å². The van der Waals surface area contributed by atoms with Gasteiger partial charge in [-0.15, -0.1) is 11.3 Å². The number of benzene rings is 2. The van der Waals surface area contributed by atoms with Crippen molar-refractivity contribution in [3.05, 3.63) is 68.8 Å². The monoisotopic (exact) mass is 492 g/mol. The fourth-order valence-corrected chi connectivity index (χ4v) is 6.02. The van der Waals surface area contributed by atoms with Gasteiger partial charge in [0.15, 0.2) is 5.43 Å². The van der Waals surface area contributed by atoms with Gasteiger partial charge in [0.2, 0.25) is 0 Å². The third-order valence-electron chi connectivity index (χ3n) is 3.78. The Morgan fingerprint density at radius 3 is 1.45 bits per heavy atom. The van der Waals surface area contributed by atoms with E-state index in [1.807, 2.05) is 0 Å². The van der Waals surface area contributed by atoms with E-state index in [-0.39, 0.29) is 30.9 Å². The predicted octanol–water partition coefficient (Wildman–Crippen LogP) is 4.24. The fourth-order valence-electron chi connectivity index (χ4n) is 2.54. The molecule has 29 heavy (non-hydrogen) atoms. The maximum Gasteiger partial charge on any atom is 0.296 e. The third-order valence-corrected chi connectivity index (χ3v) is 7.73. The zero-order valence-electron chi connectivity index (χ0n) is 14.0. The van der Waals surface area contributed by atoms with Crippen LogP contribution in [0.1, 0.15) is 0 Å². The summed E-state index contributed by atoms with van der Waals surface area (Å²) in [6.07, 6.45) is 0. The Morgan fingerprint density at radius 2 is 1.10 bits per heavy atom. The van der Waals surface area contributed by atoms with E-state index >= 15 is 0 Å². The van der Waals surface area contributed by atoms with E-state index in [1.54, 1.807) is 0 Å². The van der Waals surface area contributed by atoms with Crippen molar-refractivity contribution >= 4 is 54.8 Å². The molecule has 12 heteroatoms. The normalized spacial score (nSPS) is 12.1. The first-order valence-electron chi connectivity index (χ1n) is 7.57. The van der Waals surface area contributed by atoms with Crippen LogP contribution in [0.4, 0.5) is 0 Å². The number of hydrogen-bond acceptors (Lipinski definition) is 6. The number of halogens is 2. The Morgan fingerprint density at radius 1 is 0.724 bits per heavy atom. The molecular weight excluding hydrogens is 483 g/mol. The minimum Gasteiger partial charge on any atom is -0.290 e.